The fourth-order valence-corrected chi connectivity index (χ4v) is 2.08. The van der Waals surface area contributed by atoms with Gasteiger partial charge in [-0.15, -0.1) is 0 Å². The molecule has 0 aromatic carbocycles. The highest BCUT2D eigenvalue weighted by molar-refractivity contribution is 4.78. The second-order valence-corrected chi connectivity index (χ2v) is 5.00. The Morgan fingerprint density at radius 2 is 1.75 bits per heavy atom. The summed E-state index contributed by atoms with van der Waals surface area (Å²) in [5.41, 5.74) is 0.452. The van der Waals surface area contributed by atoms with Gasteiger partial charge >= 0.3 is 0 Å². The fourth-order valence-electron chi connectivity index (χ4n) is 2.08. The molecule has 0 spiro atoms. The van der Waals surface area contributed by atoms with Crippen LogP contribution in [0.15, 0.2) is 0 Å². The lowest BCUT2D eigenvalue weighted by Crippen LogP contribution is -2.26. The minimum absolute atomic E-state index is 0.452. The summed E-state index contributed by atoms with van der Waals surface area (Å²) in [6, 6.07) is 0. The monoisotopic (exact) mass is 169 g/mol. The average molecular weight is 169 g/mol. The molecule has 0 aliphatic heterocycles. The Morgan fingerprint density at radius 3 is 2.00 bits per heavy atom. The summed E-state index contributed by atoms with van der Waals surface area (Å²) in [5.74, 6) is 1.67. The largest absolute Gasteiger partial charge is 0.0651 e. The summed E-state index contributed by atoms with van der Waals surface area (Å²) in [6.45, 7) is 15.6. The lowest BCUT2D eigenvalue weighted by atomic mass is 9.71. The first-order chi connectivity index (χ1) is 5.43. The van der Waals surface area contributed by atoms with E-state index >= 15 is 0 Å². The molecule has 0 amide bonds. The maximum absolute atomic E-state index is 3.96. The summed E-state index contributed by atoms with van der Waals surface area (Å²) in [6.07, 6.45) is 3.65. The van der Waals surface area contributed by atoms with E-state index in [-0.39, 0.29) is 0 Å². The second kappa shape index (κ2) is 4.89. The molecule has 0 heteroatoms. The Kier molecular flexibility index (Phi) is 4.89. The van der Waals surface area contributed by atoms with Crippen LogP contribution in [0.1, 0.15) is 53.9 Å². The van der Waals surface area contributed by atoms with Gasteiger partial charge in [-0.1, -0.05) is 54.4 Å². The van der Waals surface area contributed by atoms with Gasteiger partial charge in [0.25, 0.3) is 0 Å². The number of rotatable bonds is 4. The van der Waals surface area contributed by atoms with Gasteiger partial charge in [0, 0.05) is 0 Å². The molecule has 0 N–H and O–H groups in total. The van der Waals surface area contributed by atoms with Crippen LogP contribution in [0.25, 0.3) is 0 Å². The predicted octanol–water partition coefficient (Wildman–Crippen LogP) is 4.31. The van der Waals surface area contributed by atoms with Crippen molar-refractivity contribution in [2.24, 2.45) is 17.3 Å². The van der Waals surface area contributed by atoms with E-state index in [1.165, 1.54) is 12.8 Å². The summed E-state index contributed by atoms with van der Waals surface area (Å²) in [7, 11) is 0. The van der Waals surface area contributed by atoms with E-state index in [2.05, 4.69) is 41.5 Å². The molecule has 0 nitrogen and oxygen atoms in total. The van der Waals surface area contributed by atoms with Crippen LogP contribution in [0.3, 0.4) is 0 Å². The molecule has 0 aliphatic carbocycles. The van der Waals surface area contributed by atoms with Crippen molar-refractivity contribution in [3.8, 4) is 0 Å². The van der Waals surface area contributed by atoms with Crippen molar-refractivity contribution in [1.82, 2.24) is 0 Å². The van der Waals surface area contributed by atoms with Gasteiger partial charge in [-0.25, -0.2) is 0 Å². The lowest BCUT2D eigenvalue weighted by molar-refractivity contribution is 0.153. The third-order valence-corrected chi connectivity index (χ3v) is 2.96. The molecule has 0 aromatic heterocycles. The average Bonchev–Trinajstić information content (AvgIpc) is 1.96. The molecule has 0 aromatic rings. The smallest absolute Gasteiger partial charge is 0.0340 e. The summed E-state index contributed by atoms with van der Waals surface area (Å²) < 4.78 is 0. The van der Waals surface area contributed by atoms with Gasteiger partial charge in [-0.3, -0.25) is 0 Å². The molecule has 2 unspecified atom stereocenters. The molecular weight excluding hydrogens is 144 g/mol. The fraction of sp³-hybridized carbons (Fsp3) is 0.917. The van der Waals surface area contributed by atoms with Gasteiger partial charge < -0.3 is 0 Å². The topological polar surface area (TPSA) is 0 Å². The van der Waals surface area contributed by atoms with Gasteiger partial charge in [0.2, 0.25) is 0 Å². The van der Waals surface area contributed by atoms with Crippen molar-refractivity contribution >= 4 is 0 Å². The maximum atomic E-state index is 3.96. The van der Waals surface area contributed by atoms with Crippen LogP contribution in [-0.4, -0.2) is 0 Å². The molecular formula is C12H25. The van der Waals surface area contributed by atoms with E-state index in [0.29, 0.717) is 5.41 Å². The van der Waals surface area contributed by atoms with Gasteiger partial charge in [0.15, 0.2) is 0 Å². The van der Waals surface area contributed by atoms with Crippen LogP contribution < -0.4 is 0 Å². The van der Waals surface area contributed by atoms with Crippen molar-refractivity contribution in [1.29, 1.82) is 0 Å². The highest BCUT2D eigenvalue weighted by atomic mass is 14.3. The first kappa shape index (κ1) is 12.0. The number of hydrogen-bond donors (Lipinski definition) is 0. The van der Waals surface area contributed by atoms with E-state index in [9.17, 15) is 0 Å². The lowest BCUT2D eigenvalue weighted by Gasteiger charge is -2.35. The highest BCUT2D eigenvalue weighted by Crippen LogP contribution is 2.36. The quantitative estimate of drug-likeness (QED) is 0.588. The van der Waals surface area contributed by atoms with Crippen LogP contribution in [-0.2, 0) is 0 Å². The Bertz CT molecular complexity index is 108. The molecule has 0 saturated heterocycles. The molecule has 0 aliphatic rings. The second-order valence-electron chi connectivity index (χ2n) is 5.00. The summed E-state index contributed by atoms with van der Waals surface area (Å²) in [5, 5.41) is 0. The van der Waals surface area contributed by atoms with Crippen LogP contribution in [0.5, 0.6) is 0 Å². The zero-order valence-corrected chi connectivity index (χ0v) is 9.48. The van der Waals surface area contributed by atoms with Crippen molar-refractivity contribution in [3.63, 3.8) is 0 Å². The maximum Gasteiger partial charge on any atom is -0.0340 e. The number of hydrogen-bond acceptors (Lipinski definition) is 0. The molecule has 0 fully saturated rings. The van der Waals surface area contributed by atoms with E-state index in [0.717, 1.165) is 18.3 Å². The molecule has 2 atom stereocenters. The van der Waals surface area contributed by atoms with Crippen molar-refractivity contribution < 1.29 is 0 Å². The molecule has 0 saturated carbocycles. The Balaban J connectivity index is 4.22. The third-order valence-electron chi connectivity index (χ3n) is 2.96. The SMILES string of the molecule is [CH2]CCC(C(C)CC)C(C)(C)C. The minimum atomic E-state index is 0.452. The first-order valence-electron chi connectivity index (χ1n) is 5.22. The molecule has 1 radical (unpaired) electrons. The Morgan fingerprint density at radius 1 is 1.25 bits per heavy atom. The van der Waals surface area contributed by atoms with Gasteiger partial charge in [-0.05, 0) is 23.7 Å². The summed E-state index contributed by atoms with van der Waals surface area (Å²) >= 11 is 0. The predicted molar refractivity (Wildman–Crippen MR) is 57.0 cm³/mol. The van der Waals surface area contributed by atoms with Gasteiger partial charge in [0.1, 0.15) is 0 Å². The van der Waals surface area contributed by atoms with Gasteiger partial charge in [-0.2, -0.15) is 0 Å². The molecule has 0 heterocycles. The van der Waals surface area contributed by atoms with Crippen molar-refractivity contribution in [2.75, 3.05) is 0 Å². The van der Waals surface area contributed by atoms with Crippen LogP contribution >= 0.6 is 0 Å². The minimum Gasteiger partial charge on any atom is -0.0651 e. The van der Waals surface area contributed by atoms with Crippen LogP contribution in [0, 0.1) is 24.2 Å². The normalized spacial score (nSPS) is 17.5. The van der Waals surface area contributed by atoms with E-state index in [4.69, 9.17) is 0 Å². The molecule has 0 rings (SSSR count). The van der Waals surface area contributed by atoms with Crippen LogP contribution in [0.2, 0.25) is 0 Å². The zero-order valence-electron chi connectivity index (χ0n) is 9.48. The standard InChI is InChI=1S/C12H25/c1-7-9-11(10(3)8-2)12(4,5)6/h10-11H,1,7-9H2,2-6H3. The highest BCUT2D eigenvalue weighted by Gasteiger charge is 2.27. The Labute approximate surface area is 78.8 Å². The van der Waals surface area contributed by atoms with Crippen molar-refractivity contribution in [3.05, 3.63) is 6.92 Å². The van der Waals surface area contributed by atoms with Gasteiger partial charge in [0.05, 0.1) is 0 Å². The van der Waals surface area contributed by atoms with Crippen LogP contribution in [0.4, 0.5) is 0 Å². The molecule has 0 bridgehead atoms. The van der Waals surface area contributed by atoms with E-state index in [1.54, 1.807) is 0 Å². The van der Waals surface area contributed by atoms with E-state index in [1.807, 2.05) is 0 Å². The first-order valence-corrected chi connectivity index (χ1v) is 5.22. The zero-order chi connectivity index (χ0) is 9.78. The van der Waals surface area contributed by atoms with E-state index < -0.39 is 0 Å². The Hall–Kier alpha value is 0. The third kappa shape index (κ3) is 3.60. The van der Waals surface area contributed by atoms with Crippen molar-refractivity contribution in [2.45, 2.75) is 53.9 Å². The molecule has 73 valence electrons. The summed E-state index contributed by atoms with van der Waals surface area (Å²) in [4.78, 5) is 0. The molecule has 12 heavy (non-hydrogen) atoms.